The first-order valence-corrected chi connectivity index (χ1v) is 4.84. The second kappa shape index (κ2) is 5.70. The Balaban J connectivity index is 2.68. The number of allylic oxidation sites excluding steroid dienone is 4. The van der Waals surface area contributed by atoms with Crippen LogP contribution in [0.2, 0.25) is 0 Å². The van der Waals surface area contributed by atoms with Gasteiger partial charge in [-0.2, -0.15) is 4.98 Å². The third kappa shape index (κ3) is 3.96. The summed E-state index contributed by atoms with van der Waals surface area (Å²) in [6, 6.07) is 0. The predicted octanol–water partition coefficient (Wildman–Crippen LogP) is 2.18. The lowest BCUT2D eigenvalue weighted by atomic mass is 10.2. The second-order valence-corrected chi connectivity index (χ2v) is 3.21. The smallest absolute Gasteiger partial charge is 0.345 e. The first-order valence-electron chi connectivity index (χ1n) is 4.84. The van der Waals surface area contributed by atoms with Crippen molar-refractivity contribution < 1.29 is 4.74 Å². The molecule has 16 heavy (non-hydrogen) atoms. The van der Waals surface area contributed by atoms with E-state index in [1.54, 1.807) is 6.08 Å². The van der Waals surface area contributed by atoms with Crippen LogP contribution in [-0.2, 0) is 0 Å². The molecule has 0 aromatic carbocycles. The predicted molar refractivity (Wildman–Crippen MR) is 63.2 cm³/mol. The lowest BCUT2D eigenvalue weighted by Crippen LogP contribution is -2.08. The van der Waals surface area contributed by atoms with Gasteiger partial charge in [-0.15, -0.1) is 0 Å². The molecule has 0 spiro atoms. The van der Waals surface area contributed by atoms with E-state index in [1.165, 1.54) is 12.4 Å². The van der Waals surface area contributed by atoms with Crippen LogP contribution in [0, 0.1) is 0 Å². The molecule has 0 radical (unpaired) electrons. The zero-order valence-electron chi connectivity index (χ0n) is 9.36. The molecule has 0 saturated heterocycles. The number of hydrogen-bond donors (Lipinski definition) is 1. The van der Waals surface area contributed by atoms with Gasteiger partial charge in [-0.25, -0.2) is 4.79 Å². The number of aromatic amines is 1. The van der Waals surface area contributed by atoms with Crippen molar-refractivity contribution in [3.63, 3.8) is 0 Å². The number of hydrogen-bond acceptors (Lipinski definition) is 3. The molecule has 0 atom stereocenters. The summed E-state index contributed by atoms with van der Waals surface area (Å²) in [5, 5.41) is 0. The Kier molecular flexibility index (Phi) is 4.27. The van der Waals surface area contributed by atoms with Gasteiger partial charge in [0, 0.05) is 0 Å². The van der Waals surface area contributed by atoms with Crippen molar-refractivity contribution >= 4 is 0 Å². The summed E-state index contributed by atoms with van der Waals surface area (Å²) in [4.78, 5) is 16.7. The van der Waals surface area contributed by atoms with Crippen molar-refractivity contribution in [2.75, 3.05) is 0 Å². The fraction of sp³-hybridized carbons (Fsp3) is 0.167. The molecule has 1 heterocycles. The molecule has 84 valence electrons. The normalized spacial score (nSPS) is 11.8. The first kappa shape index (κ1) is 12.0. The fourth-order valence-electron chi connectivity index (χ4n) is 1.13. The number of nitrogens with one attached hydrogen (secondary N) is 1. The topological polar surface area (TPSA) is 55.0 Å². The Morgan fingerprint density at radius 1 is 1.62 bits per heavy atom. The largest absolute Gasteiger partial charge is 0.455 e. The van der Waals surface area contributed by atoms with E-state index in [0.29, 0.717) is 11.5 Å². The van der Waals surface area contributed by atoms with Crippen LogP contribution in [0.25, 0.3) is 0 Å². The standard InChI is InChI=1S/C12H14N2O2/c1-4-5-9(2)6-10(3)16-11-7-13-12(15)14-8-11/h4-8H,3H2,1-2H3,(H,13,14,15)/b5-4-,9-6-. The van der Waals surface area contributed by atoms with Crippen LogP contribution in [0.4, 0.5) is 0 Å². The molecule has 0 amide bonds. The molecule has 0 aliphatic heterocycles. The van der Waals surface area contributed by atoms with Gasteiger partial charge in [0.1, 0.15) is 5.76 Å². The van der Waals surface area contributed by atoms with Crippen molar-refractivity contribution in [2.24, 2.45) is 0 Å². The monoisotopic (exact) mass is 218 g/mol. The van der Waals surface area contributed by atoms with Gasteiger partial charge in [0.05, 0.1) is 12.4 Å². The van der Waals surface area contributed by atoms with Gasteiger partial charge >= 0.3 is 5.69 Å². The minimum Gasteiger partial charge on any atom is -0.455 e. The van der Waals surface area contributed by atoms with Crippen LogP contribution in [0.5, 0.6) is 5.75 Å². The zero-order valence-corrected chi connectivity index (χ0v) is 9.36. The number of aromatic nitrogens is 2. The van der Waals surface area contributed by atoms with E-state index in [2.05, 4.69) is 16.5 Å². The minimum absolute atomic E-state index is 0.404. The van der Waals surface area contributed by atoms with Crippen LogP contribution in [0.1, 0.15) is 13.8 Å². The molecule has 1 N–H and O–H groups in total. The maximum absolute atomic E-state index is 10.7. The zero-order chi connectivity index (χ0) is 12.0. The van der Waals surface area contributed by atoms with E-state index in [9.17, 15) is 4.79 Å². The summed E-state index contributed by atoms with van der Waals surface area (Å²) < 4.78 is 5.35. The molecular weight excluding hydrogens is 204 g/mol. The summed E-state index contributed by atoms with van der Waals surface area (Å²) in [6.45, 7) is 7.62. The van der Waals surface area contributed by atoms with Crippen molar-refractivity contribution in [3.8, 4) is 5.75 Å². The third-order valence-electron chi connectivity index (χ3n) is 1.71. The Hall–Kier alpha value is -2.10. The number of nitrogens with zero attached hydrogens (tertiary/aromatic N) is 1. The quantitative estimate of drug-likeness (QED) is 0.622. The SMILES string of the molecule is C=C(/C=C(C)\C=C/C)Oc1cnc(=O)[nH]c1. The van der Waals surface area contributed by atoms with Gasteiger partial charge in [-0.3, -0.25) is 0 Å². The van der Waals surface area contributed by atoms with E-state index in [-0.39, 0.29) is 0 Å². The van der Waals surface area contributed by atoms with Gasteiger partial charge in [-0.05, 0) is 25.5 Å². The molecule has 1 aromatic rings. The molecule has 0 aliphatic carbocycles. The summed E-state index contributed by atoms with van der Waals surface area (Å²) in [5.74, 6) is 0.943. The minimum atomic E-state index is -0.404. The van der Waals surface area contributed by atoms with Crippen LogP contribution in [-0.4, -0.2) is 9.97 Å². The van der Waals surface area contributed by atoms with E-state index in [1.807, 2.05) is 26.0 Å². The molecular formula is C12H14N2O2. The van der Waals surface area contributed by atoms with E-state index < -0.39 is 5.69 Å². The van der Waals surface area contributed by atoms with Crippen molar-refractivity contribution in [2.45, 2.75) is 13.8 Å². The second-order valence-electron chi connectivity index (χ2n) is 3.21. The molecule has 4 heteroatoms. The van der Waals surface area contributed by atoms with E-state index in [0.717, 1.165) is 5.57 Å². The highest BCUT2D eigenvalue weighted by molar-refractivity contribution is 5.26. The number of ether oxygens (including phenoxy) is 1. The Labute approximate surface area is 94.0 Å². The summed E-state index contributed by atoms with van der Waals surface area (Å²) in [5.41, 5.74) is 0.628. The Bertz CT molecular complexity index is 464. The van der Waals surface area contributed by atoms with Crippen LogP contribution in [0.3, 0.4) is 0 Å². The molecule has 0 fully saturated rings. The average Bonchev–Trinajstić information content (AvgIpc) is 2.21. The lowest BCUT2D eigenvalue weighted by Gasteiger charge is -2.04. The maximum Gasteiger partial charge on any atom is 0.345 e. The Morgan fingerprint density at radius 2 is 2.38 bits per heavy atom. The highest BCUT2D eigenvalue weighted by Gasteiger charge is 1.96. The van der Waals surface area contributed by atoms with Gasteiger partial charge in [0.25, 0.3) is 0 Å². The van der Waals surface area contributed by atoms with Crippen molar-refractivity contribution in [1.82, 2.24) is 9.97 Å². The number of rotatable bonds is 4. The maximum atomic E-state index is 10.7. The Morgan fingerprint density at radius 3 is 2.94 bits per heavy atom. The first-order chi connectivity index (χ1) is 7.61. The van der Waals surface area contributed by atoms with Crippen molar-refractivity contribution in [3.05, 3.63) is 59.0 Å². The van der Waals surface area contributed by atoms with Gasteiger partial charge in [-0.1, -0.05) is 18.7 Å². The lowest BCUT2D eigenvalue weighted by molar-refractivity contribution is 0.441. The van der Waals surface area contributed by atoms with Gasteiger partial charge in [0.15, 0.2) is 5.75 Å². The summed E-state index contributed by atoms with van der Waals surface area (Å²) in [6.07, 6.45) is 8.47. The molecule has 0 saturated carbocycles. The van der Waals surface area contributed by atoms with E-state index >= 15 is 0 Å². The summed E-state index contributed by atoms with van der Waals surface area (Å²) in [7, 11) is 0. The van der Waals surface area contributed by atoms with Crippen LogP contribution < -0.4 is 10.4 Å². The third-order valence-corrected chi connectivity index (χ3v) is 1.71. The van der Waals surface area contributed by atoms with Gasteiger partial charge < -0.3 is 9.72 Å². The van der Waals surface area contributed by atoms with E-state index in [4.69, 9.17) is 4.74 Å². The number of H-pyrrole nitrogens is 1. The van der Waals surface area contributed by atoms with Crippen LogP contribution >= 0.6 is 0 Å². The highest BCUT2D eigenvalue weighted by Crippen LogP contribution is 2.10. The summed E-state index contributed by atoms with van der Waals surface area (Å²) >= 11 is 0. The molecule has 4 nitrogen and oxygen atoms in total. The highest BCUT2D eigenvalue weighted by atomic mass is 16.5. The van der Waals surface area contributed by atoms with Gasteiger partial charge in [0.2, 0.25) is 0 Å². The fourth-order valence-corrected chi connectivity index (χ4v) is 1.13. The van der Waals surface area contributed by atoms with Crippen LogP contribution in [0.15, 0.2) is 53.3 Å². The molecule has 0 bridgehead atoms. The molecule has 1 aromatic heterocycles. The molecule has 0 unspecified atom stereocenters. The molecule has 0 aliphatic rings. The van der Waals surface area contributed by atoms with Crippen molar-refractivity contribution in [1.29, 1.82) is 0 Å². The molecule has 1 rings (SSSR count). The average molecular weight is 218 g/mol.